The number of fused-ring (bicyclic) bond motifs is 1. The quantitative estimate of drug-likeness (QED) is 0.383. The van der Waals surface area contributed by atoms with E-state index in [-0.39, 0.29) is 11.7 Å². The Balaban J connectivity index is 1.77. The zero-order valence-electron chi connectivity index (χ0n) is 19.5. The number of Topliss-reactive ketones (excluding diaryl/α,β-unsaturated/α-hetero) is 1. The summed E-state index contributed by atoms with van der Waals surface area (Å²) in [7, 11) is 5.65. The van der Waals surface area contributed by atoms with Crippen molar-refractivity contribution >= 4 is 17.4 Å². The van der Waals surface area contributed by atoms with Crippen molar-refractivity contribution in [3.05, 3.63) is 64.7 Å². The van der Waals surface area contributed by atoms with Crippen LogP contribution in [-0.4, -0.2) is 57.0 Å². The first kappa shape index (κ1) is 22.9. The molecule has 2 unspecified atom stereocenters. The van der Waals surface area contributed by atoms with Gasteiger partial charge in [0, 0.05) is 25.0 Å². The van der Waals surface area contributed by atoms with Crippen LogP contribution in [0.15, 0.2) is 48.0 Å². The molecular weight excluding hydrogens is 420 g/mol. The zero-order chi connectivity index (χ0) is 23.7. The molecule has 4 rings (SSSR count). The maximum atomic E-state index is 13.6. The van der Waals surface area contributed by atoms with Crippen LogP contribution in [0.25, 0.3) is 5.76 Å². The van der Waals surface area contributed by atoms with E-state index in [2.05, 4.69) is 0 Å². The minimum Gasteiger partial charge on any atom is -0.872 e. The van der Waals surface area contributed by atoms with Crippen molar-refractivity contribution < 1.29 is 29.1 Å². The number of likely N-dealkylation sites (tertiary alicyclic amines) is 1. The number of ketones is 1. The van der Waals surface area contributed by atoms with Gasteiger partial charge in [-0.25, -0.2) is 0 Å². The van der Waals surface area contributed by atoms with Gasteiger partial charge in [0.25, 0.3) is 5.91 Å². The molecule has 1 fully saturated rings. The summed E-state index contributed by atoms with van der Waals surface area (Å²) in [5.41, 5.74) is 2.07. The summed E-state index contributed by atoms with van der Waals surface area (Å²) in [5, 5.41) is 13.6. The van der Waals surface area contributed by atoms with Gasteiger partial charge in [-0.15, -0.1) is 0 Å². The van der Waals surface area contributed by atoms with E-state index >= 15 is 0 Å². The SMILES string of the molecule is COc1ccc(C2C(=C([O-])c3ccc4c(c3)CC(C)O4)C(=O)C(=O)N2CCC[NH+](C)C)cc1. The van der Waals surface area contributed by atoms with E-state index < -0.39 is 23.5 Å². The minimum atomic E-state index is -0.719. The van der Waals surface area contributed by atoms with E-state index in [0.29, 0.717) is 29.8 Å². The highest BCUT2D eigenvalue weighted by molar-refractivity contribution is 6.46. The van der Waals surface area contributed by atoms with Crippen LogP contribution in [-0.2, 0) is 16.0 Å². The average Bonchev–Trinajstić information content (AvgIpc) is 3.29. The first-order valence-corrected chi connectivity index (χ1v) is 11.3. The van der Waals surface area contributed by atoms with Gasteiger partial charge in [-0.2, -0.15) is 0 Å². The van der Waals surface area contributed by atoms with Gasteiger partial charge in [0.05, 0.1) is 33.8 Å². The van der Waals surface area contributed by atoms with Crippen molar-refractivity contribution in [2.45, 2.75) is 31.9 Å². The molecule has 7 nitrogen and oxygen atoms in total. The lowest BCUT2D eigenvalue weighted by Gasteiger charge is -2.28. The maximum Gasteiger partial charge on any atom is 0.295 e. The number of hydrogen-bond acceptors (Lipinski definition) is 5. The lowest BCUT2D eigenvalue weighted by atomic mass is 9.94. The Hall–Kier alpha value is -3.32. The fraction of sp³-hybridized carbons (Fsp3) is 0.385. The molecule has 2 aromatic rings. The number of ether oxygens (including phenoxy) is 2. The predicted molar refractivity (Wildman–Crippen MR) is 122 cm³/mol. The fourth-order valence-corrected chi connectivity index (χ4v) is 4.56. The Morgan fingerprint density at radius 1 is 1.18 bits per heavy atom. The molecule has 2 aliphatic heterocycles. The number of quaternary nitrogens is 1. The summed E-state index contributed by atoms with van der Waals surface area (Å²) in [4.78, 5) is 28.9. The highest BCUT2D eigenvalue weighted by atomic mass is 16.5. The molecule has 0 bridgehead atoms. The average molecular weight is 451 g/mol. The van der Waals surface area contributed by atoms with Crippen LogP contribution in [0.4, 0.5) is 0 Å². The molecule has 174 valence electrons. The van der Waals surface area contributed by atoms with E-state index in [1.807, 2.05) is 33.2 Å². The molecule has 2 heterocycles. The topological polar surface area (TPSA) is 83.3 Å². The standard InChI is InChI=1S/C26H30N2O5/c1-16-14-19-15-18(8-11-21(19)33-16)24(29)22-23(17-6-9-20(32-4)10-7-17)28(26(31)25(22)30)13-5-12-27(2)3/h6-11,15-16,23,29H,5,12-14H2,1-4H3. The first-order valence-electron chi connectivity index (χ1n) is 11.3. The smallest absolute Gasteiger partial charge is 0.295 e. The Labute approximate surface area is 194 Å². The van der Waals surface area contributed by atoms with Gasteiger partial charge < -0.3 is 24.4 Å². The van der Waals surface area contributed by atoms with Gasteiger partial charge in [0.2, 0.25) is 5.78 Å². The summed E-state index contributed by atoms with van der Waals surface area (Å²) in [6.45, 7) is 3.22. The summed E-state index contributed by atoms with van der Waals surface area (Å²) in [6.07, 6.45) is 1.48. The molecule has 0 saturated carbocycles. The monoisotopic (exact) mass is 450 g/mol. The molecule has 33 heavy (non-hydrogen) atoms. The third-order valence-corrected chi connectivity index (χ3v) is 6.19. The second-order valence-electron chi connectivity index (χ2n) is 9.01. The number of methoxy groups -OCH3 is 1. The number of rotatable bonds is 7. The molecule has 0 aromatic heterocycles. The predicted octanol–water partition coefficient (Wildman–Crippen LogP) is 0.777. The van der Waals surface area contributed by atoms with Crippen LogP contribution in [0, 0.1) is 0 Å². The molecule has 0 aliphatic carbocycles. The van der Waals surface area contributed by atoms with Gasteiger partial charge >= 0.3 is 0 Å². The summed E-state index contributed by atoms with van der Waals surface area (Å²) in [5.74, 6) is -0.318. The number of carbonyl (C=O) groups is 2. The van der Waals surface area contributed by atoms with Crippen molar-refractivity contribution in [2.75, 3.05) is 34.3 Å². The molecule has 2 aliphatic rings. The number of carbonyl (C=O) groups excluding carboxylic acids is 2. The van der Waals surface area contributed by atoms with Crippen molar-refractivity contribution in [3.8, 4) is 11.5 Å². The zero-order valence-corrected chi connectivity index (χ0v) is 19.5. The van der Waals surface area contributed by atoms with Crippen LogP contribution >= 0.6 is 0 Å². The van der Waals surface area contributed by atoms with Crippen LogP contribution < -0.4 is 19.5 Å². The maximum absolute atomic E-state index is 13.6. The van der Waals surface area contributed by atoms with E-state index in [1.165, 1.54) is 4.90 Å². The third kappa shape index (κ3) is 4.46. The highest BCUT2D eigenvalue weighted by Crippen LogP contribution is 2.40. The Morgan fingerprint density at radius 3 is 2.58 bits per heavy atom. The van der Waals surface area contributed by atoms with Gasteiger partial charge in [0.15, 0.2) is 0 Å². The number of benzene rings is 2. The summed E-state index contributed by atoms with van der Waals surface area (Å²) >= 11 is 0. The van der Waals surface area contributed by atoms with Crippen molar-refractivity contribution in [1.29, 1.82) is 0 Å². The fourth-order valence-electron chi connectivity index (χ4n) is 4.56. The largest absolute Gasteiger partial charge is 0.872 e. The van der Waals surface area contributed by atoms with E-state index in [0.717, 1.165) is 24.3 Å². The van der Waals surface area contributed by atoms with E-state index in [9.17, 15) is 14.7 Å². The normalized spacial score (nSPS) is 21.4. The number of hydrogen-bond donors (Lipinski definition) is 1. The summed E-state index contributed by atoms with van der Waals surface area (Å²) < 4.78 is 11.0. The van der Waals surface area contributed by atoms with Crippen molar-refractivity contribution in [3.63, 3.8) is 0 Å². The molecule has 1 amide bonds. The third-order valence-electron chi connectivity index (χ3n) is 6.19. The molecule has 1 saturated heterocycles. The van der Waals surface area contributed by atoms with Gasteiger partial charge in [-0.1, -0.05) is 24.0 Å². The van der Waals surface area contributed by atoms with Crippen LogP contribution in [0.3, 0.4) is 0 Å². The van der Waals surface area contributed by atoms with Crippen molar-refractivity contribution in [2.24, 2.45) is 0 Å². The molecule has 0 spiro atoms. The molecule has 1 N–H and O–H groups in total. The summed E-state index contributed by atoms with van der Waals surface area (Å²) in [6, 6.07) is 11.7. The Bertz CT molecular complexity index is 1090. The molecule has 0 radical (unpaired) electrons. The molecule has 7 heteroatoms. The van der Waals surface area contributed by atoms with Crippen LogP contribution in [0.5, 0.6) is 11.5 Å². The lowest BCUT2D eigenvalue weighted by Crippen LogP contribution is -3.05. The van der Waals surface area contributed by atoms with E-state index in [4.69, 9.17) is 9.47 Å². The lowest BCUT2D eigenvalue weighted by molar-refractivity contribution is -0.858. The van der Waals surface area contributed by atoms with Gasteiger partial charge in [-0.3, -0.25) is 9.59 Å². The van der Waals surface area contributed by atoms with Crippen molar-refractivity contribution in [1.82, 2.24) is 4.90 Å². The number of nitrogens with one attached hydrogen (secondary N) is 1. The second kappa shape index (κ2) is 9.27. The minimum absolute atomic E-state index is 0.00859. The number of amides is 1. The highest BCUT2D eigenvalue weighted by Gasteiger charge is 2.44. The Morgan fingerprint density at radius 2 is 1.91 bits per heavy atom. The molecule has 2 aromatic carbocycles. The number of nitrogens with zero attached hydrogens (tertiary/aromatic N) is 1. The van der Waals surface area contributed by atoms with E-state index in [1.54, 1.807) is 42.3 Å². The molecular formula is C26H30N2O5. The second-order valence-corrected chi connectivity index (χ2v) is 9.01. The van der Waals surface area contributed by atoms with Crippen LogP contribution in [0.1, 0.15) is 36.1 Å². The van der Waals surface area contributed by atoms with Crippen LogP contribution in [0.2, 0.25) is 0 Å². The van der Waals surface area contributed by atoms with Gasteiger partial charge in [0.1, 0.15) is 17.6 Å². The molecule has 2 atom stereocenters. The first-order chi connectivity index (χ1) is 15.8. The van der Waals surface area contributed by atoms with Gasteiger partial charge in [-0.05, 0) is 47.9 Å². The Kier molecular flexibility index (Phi) is 6.42.